The summed E-state index contributed by atoms with van der Waals surface area (Å²) in [4.78, 5) is 11.9. The summed E-state index contributed by atoms with van der Waals surface area (Å²) in [6.45, 7) is 6.30. The smallest absolute Gasteiger partial charge is 0.223 e. The van der Waals surface area contributed by atoms with E-state index in [0.717, 1.165) is 38.0 Å². The SMILES string of the molecule is CC(N)CCCC(C)C(=O)NC1CCC(C)C1. The molecule has 3 N–H and O–H groups in total. The van der Waals surface area contributed by atoms with Crippen LogP contribution < -0.4 is 11.1 Å². The fourth-order valence-electron chi connectivity index (χ4n) is 2.56. The topological polar surface area (TPSA) is 55.1 Å². The van der Waals surface area contributed by atoms with E-state index < -0.39 is 0 Å². The van der Waals surface area contributed by atoms with Crippen molar-refractivity contribution in [1.82, 2.24) is 5.32 Å². The summed E-state index contributed by atoms with van der Waals surface area (Å²) in [6.07, 6.45) is 6.57. The lowest BCUT2D eigenvalue weighted by Gasteiger charge is -2.17. The van der Waals surface area contributed by atoms with Crippen LogP contribution in [0.15, 0.2) is 0 Å². The first-order chi connectivity index (χ1) is 7.99. The van der Waals surface area contributed by atoms with Crippen LogP contribution in [-0.2, 0) is 4.79 Å². The molecule has 4 unspecified atom stereocenters. The number of amides is 1. The Morgan fingerprint density at radius 3 is 2.59 bits per heavy atom. The minimum Gasteiger partial charge on any atom is -0.353 e. The highest BCUT2D eigenvalue weighted by Crippen LogP contribution is 2.25. The largest absolute Gasteiger partial charge is 0.353 e. The maximum Gasteiger partial charge on any atom is 0.223 e. The van der Waals surface area contributed by atoms with E-state index in [1.54, 1.807) is 0 Å². The molecular weight excluding hydrogens is 212 g/mol. The van der Waals surface area contributed by atoms with Crippen LogP contribution >= 0.6 is 0 Å². The average Bonchev–Trinajstić information content (AvgIpc) is 2.63. The molecule has 17 heavy (non-hydrogen) atoms. The Bertz CT molecular complexity index is 240. The van der Waals surface area contributed by atoms with E-state index in [-0.39, 0.29) is 17.9 Å². The van der Waals surface area contributed by atoms with Gasteiger partial charge in [0.05, 0.1) is 0 Å². The summed E-state index contributed by atoms with van der Waals surface area (Å²) in [7, 11) is 0. The second-order valence-electron chi connectivity index (χ2n) is 5.93. The molecule has 0 saturated heterocycles. The van der Waals surface area contributed by atoms with Gasteiger partial charge in [-0.1, -0.05) is 20.3 Å². The zero-order valence-electron chi connectivity index (χ0n) is 11.5. The summed E-state index contributed by atoms with van der Waals surface area (Å²) in [6, 6.07) is 0.675. The van der Waals surface area contributed by atoms with Crippen LogP contribution in [0.1, 0.15) is 59.3 Å². The average molecular weight is 240 g/mol. The number of nitrogens with two attached hydrogens (primary N) is 1. The highest BCUT2D eigenvalue weighted by Gasteiger charge is 2.24. The van der Waals surface area contributed by atoms with Gasteiger partial charge in [0.25, 0.3) is 0 Å². The second-order valence-corrected chi connectivity index (χ2v) is 5.93. The van der Waals surface area contributed by atoms with Crippen molar-refractivity contribution < 1.29 is 4.79 Å². The third kappa shape index (κ3) is 5.53. The number of carbonyl (C=O) groups excluding carboxylic acids is 1. The fraction of sp³-hybridized carbons (Fsp3) is 0.929. The Morgan fingerprint density at radius 2 is 2.06 bits per heavy atom. The number of hydrogen-bond donors (Lipinski definition) is 2. The normalized spacial score (nSPS) is 27.8. The van der Waals surface area contributed by atoms with Crippen LogP contribution in [0, 0.1) is 11.8 Å². The quantitative estimate of drug-likeness (QED) is 0.749. The lowest BCUT2D eigenvalue weighted by atomic mass is 10.0. The first-order valence-electron chi connectivity index (χ1n) is 7.05. The molecule has 1 aliphatic carbocycles. The van der Waals surface area contributed by atoms with Crippen molar-refractivity contribution in [1.29, 1.82) is 0 Å². The Morgan fingerprint density at radius 1 is 1.35 bits per heavy atom. The van der Waals surface area contributed by atoms with Gasteiger partial charge in [-0.05, 0) is 44.9 Å². The molecular formula is C14H28N2O. The van der Waals surface area contributed by atoms with Crippen molar-refractivity contribution >= 4 is 5.91 Å². The molecule has 0 bridgehead atoms. The van der Waals surface area contributed by atoms with Crippen molar-refractivity contribution in [2.75, 3.05) is 0 Å². The van der Waals surface area contributed by atoms with E-state index in [4.69, 9.17) is 5.73 Å². The lowest BCUT2D eigenvalue weighted by molar-refractivity contribution is -0.125. The predicted molar refractivity (Wildman–Crippen MR) is 71.6 cm³/mol. The molecule has 1 fully saturated rings. The molecule has 0 aromatic rings. The zero-order chi connectivity index (χ0) is 12.8. The molecule has 4 atom stereocenters. The third-order valence-electron chi connectivity index (χ3n) is 3.79. The van der Waals surface area contributed by atoms with Crippen LogP contribution in [0.4, 0.5) is 0 Å². The molecule has 0 aromatic heterocycles. The van der Waals surface area contributed by atoms with Crippen LogP contribution in [0.5, 0.6) is 0 Å². The van der Waals surface area contributed by atoms with Gasteiger partial charge in [-0.3, -0.25) is 4.79 Å². The Balaban J connectivity index is 2.18. The molecule has 100 valence electrons. The monoisotopic (exact) mass is 240 g/mol. The molecule has 0 heterocycles. The lowest BCUT2D eigenvalue weighted by Crippen LogP contribution is -2.36. The summed E-state index contributed by atoms with van der Waals surface area (Å²) in [5, 5.41) is 3.18. The molecule has 0 spiro atoms. The Hall–Kier alpha value is -0.570. The predicted octanol–water partition coefficient (Wildman–Crippen LogP) is 2.44. The molecule has 1 saturated carbocycles. The van der Waals surface area contributed by atoms with Gasteiger partial charge in [-0.25, -0.2) is 0 Å². The van der Waals surface area contributed by atoms with E-state index in [2.05, 4.69) is 12.2 Å². The highest BCUT2D eigenvalue weighted by atomic mass is 16.1. The van der Waals surface area contributed by atoms with E-state index in [0.29, 0.717) is 6.04 Å². The number of hydrogen-bond acceptors (Lipinski definition) is 2. The summed E-state index contributed by atoms with van der Waals surface area (Å²) in [5.74, 6) is 1.13. The van der Waals surface area contributed by atoms with Gasteiger partial charge in [0, 0.05) is 18.0 Å². The van der Waals surface area contributed by atoms with E-state index in [9.17, 15) is 4.79 Å². The minimum atomic E-state index is 0.129. The molecule has 3 nitrogen and oxygen atoms in total. The van der Waals surface area contributed by atoms with Gasteiger partial charge in [-0.2, -0.15) is 0 Å². The first kappa shape index (κ1) is 14.5. The first-order valence-corrected chi connectivity index (χ1v) is 7.05. The fourth-order valence-corrected chi connectivity index (χ4v) is 2.56. The minimum absolute atomic E-state index is 0.129. The molecule has 1 aliphatic rings. The third-order valence-corrected chi connectivity index (χ3v) is 3.79. The molecule has 0 aliphatic heterocycles. The number of carbonyl (C=O) groups is 1. The van der Waals surface area contributed by atoms with E-state index in [1.165, 1.54) is 6.42 Å². The molecule has 0 radical (unpaired) electrons. The standard InChI is InChI=1S/C14H28N2O/c1-10-7-8-13(9-10)16-14(17)11(2)5-4-6-12(3)15/h10-13H,4-9,15H2,1-3H3,(H,16,17). The van der Waals surface area contributed by atoms with E-state index in [1.807, 2.05) is 13.8 Å². The van der Waals surface area contributed by atoms with Gasteiger partial charge in [0.15, 0.2) is 0 Å². The van der Waals surface area contributed by atoms with Gasteiger partial charge >= 0.3 is 0 Å². The van der Waals surface area contributed by atoms with Crippen LogP contribution in [0.3, 0.4) is 0 Å². The van der Waals surface area contributed by atoms with Crippen molar-refractivity contribution in [3.63, 3.8) is 0 Å². The van der Waals surface area contributed by atoms with Gasteiger partial charge in [0.2, 0.25) is 5.91 Å². The van der Waals surface area contributed by atoms with Crippen molar-refractivity contribution in [3.05, 3.63) is 0 Å². The van der Waals surface area contributed by atoms with Crippen molar-refractivity contribution in [2.24, 2.45) is 17.6 Å². The highest BCUT2D eigenvalue weighted by molar-refractivity contribution is 5.78. The van der Waals surface area contributed by atoms with E-state index >= 15 is 0 Å². The summed E-state index contributed by atoms with van der Waals surface area (Å²) in [5.41, 5.74) is 5.70. The number of nitrogens with one attached hydrogen (secondary N) is 1. The van der Waals surface area contributed by atoms with Gasteiger partial charge in [-0.15, -0.1) is 0 Å². The summed E-state index contributed by atoms with van der Waals surface area (Å²) < 4.78 is 0. The van der Waals surface area contributed by atoms with Crippen molar-refractivity contribution in [3.8, 4) is 0 Å². The van der Waals surface area contributed by atoms with Gasteiger partial charge in [0.1, 0.15) is 0 Å². The van der Waals surface area contributed by atoms with Crippen molar-refractivity contribution in [2.45, 2.75) is 71.4 Å². The maximum absolute atomic E-state index is 11.9. The molecule has 1 amide bonds. The van der Waals surface area contributed by atoms with Crippen LogP contribution in [-0.4, -0.2) is 18.0 Å². The molecule has 3 heteroatoms. The molecule has 1 rings (SSSR count). The zero-order valence-corrected chi connectivity index (χ0v) is 11.5. The van der Waals surface area contributed by atoms with Crippen LogP contribution in [0.25, 0.3) is 0 Å². The summed E-state index contributed by atoms with van der Waals surface area (Å²) >= 11 is 0. The number of rotatable bonds is 6. The Labute approximate surface area is 106 Å². The van der Waals surface area contributed by atoms with Crippen LogP contribution in [0.2, 0.25) is 0 Å². The second kappa shape index (κ2) is 7.00. The molecule has 0 aromatic carbocycles. The van der Waals surface area contributed by atoms with Gasteiger partial charge < -0.3 is 11.1 Å². The maximum atomic E-state index is 11.9. The Kier molecular flexibility index (Phi) is 5.96.